The second-order valence-electron chi connectivity index (χ2n) is 9.67. The van der Waals surface area contributed by atoms with Crippen molar-refractivity contribution in [2.45, 2.75) is 51.5 Å². The Bertz CT molecular complexity index is 922. The molecule has 2 aromatic rings. The van der Waals surface area contributed by atoms with Crippen LogP contribution < -0.4 is 10.6 Å². The number of benzene rings is 1. The van der Waals surface area contributed by atoms with Gasteiger partial charge in [0, 0.05) is 32.0 Å². The van der Waals surface area contributed by atoms with Crippen LogP contribution in [0.25, 0.3) is 0 Å². The van der Waals surface area contributed by atoms with Crippen molar-refractivity contribution in [2.75, 3.05) is 33.4 Å². The summed E-state index contributed by atoms with van der Waals surface area (Å²) in [5.74, 6) is -0.771. The second-order valence-corrected chi connectivity index (χ2v) is 9.67. The molecule has 9 nitrogen and oxygen atoms in total. The maximum absolute atomic E-state index is 13.6. The number of aromatic nitrogens is 2. The molecule has 1 aromatic carbocycles. The van der Waals surface area contributed by atoms with E-state index in [-0.39, 0.29) is 17.5 Å². The maximum Gasteiger partial charge on any atom is 0.480 e. The fourth-order valence-electron chi connectivity index (χ4n) is 4.20. The van der Waals surface area contributed by atoms with E-state index in [1.54, 1.807) is 0 Å². The molecule has 0 radical (unpaired) electrons. The zero-order valence-corrected chi connectivity index (χ0v) is 21.6. The van der Waals surface area contributed by atoms with E-state index in [9.17, 15) is 9.59 Å². The highest BCUT2D eigenvalue weighted by Gasteiger charge is 2.35. The molecule has 3 rings (SSSR count). The molecule has 194 valence electrons. The van der Waals surface area contributed by atoms with Crippen LogP contribution >= 0.6 is 0 Å². The van der Waals surface area contributed by atoms with Crippen LogP contribution in [-0.4, -0.2) is 79.1 Å². The molecule has 0 aliphatic carbocycles. The molecule has 1 fully saturated rings. The summed E-state index contributed by atoms with van der Waals surface area (Å²) < 4.78 is 12.2. The Kier molecular flexibility index (Phi) is 11.3. The number of rotatable bonds is 9. The molecular weight excluding hydrogens is 457 g/mol. The lowest BCUT2D eigenvalue weighted by Gasteiger charge is -2.29. The van der Waals surface area contributed by atoms with Gasteiger partial charge < -0.3 is 24.8 Å². The molecule has 10 heteroatoms. The first-order valence-electron chi connectivity index (χ1n) is 12.7. The van der Waals surface area contributed by atoms with Gasteiger partial charge in [-0.2, -0.15) is 0 Å². The Balaban J connectivity index is 1.75. The van der Waals surface area contributed by atoms with E-state index in [0.29, 0.717) is 32.0 Å². The second kappa shape index (κ2) is 14.7. The van der Waals surface area contributed by atoms with Crippen molar-refractivity contribution in [3.63, 3.8) is 0 Å². The summed E-state index contributed by atoms with van der Waals surface area (Å²) in [4.78, 5) is 36.7. The summed E-state index contributed by atoms with van der Waals surface area (Å²) in [7, 11) is 1.55. The Labute approximate surface area is 214 Å². The first-order chi connectivity index (χ1) is 17.4. The van der Waals surface area contributed by atoms with Gasteiger partial charge in [0.2, 0.25) is 5.91 Å². The molecule has 0 bridgehead atoms. The fourth-order valence-corrected chi connectivity index (χ4v) is 4.20. The number of amides is 2. The molecule has 2 amide bonds. The highest BCUT2D eigenvalue weighted by molar-refractivity contribution is 6.47. The predicted octanol–water partition coefficient (Wildman–Crippen LogP) is 2.13. The maximum atomic E-state index is 13.6. The highest BCUT2D eigenvalue weighted by atomic mass is 16.6. The molecular formula is C26H38BN5O4. The normalized spacial score (nSPS) is 17.3. The molecule has 0 unspecified atom stereocenters. The summed E-state index contributed by atoms with van der Waals surface area (Å²) >= 11 is 0. The van der Waals surface area contributed by atoms with Crippen molar-refractivity contribution >= 4 is 18.9 Å². The summed E-state index contributed by atoms with van der Waals surface area (Å²) in [5.41, 5.74) is 1.10. The zero-order valence-electron chi connectivity index (χ0n) is 21.6. The molecule has 1 aliphatic heterocycles. The van der Waals surface area contributed by atoms with E-state index < -0.39 is 19.1 Å². The minimum atomic E-state index is -0.801. The van der Waals surface area contributed by atoms with Gasteiger partial charge >= 0.3 is 7.12 Å². The topological polar surface area (TPSA) is 106 Å². The van der Waals surface area contributed by atoms with Crippen molar-refractivity contribution < 1.29 is 18.9 Å². The highest BCUT2D eigenvalue weighted by Crippen LogP contribution is 2.13. The molecule has 2 atom stereocenters. The van der Waals surface area contributed by atoms with Gasteiger partial charge in [0.05, 0.1) is 12.1 Å². The van der Waals surface area contributed by atoms with Gasteiger partial charge in [-0.05, 0) is 50.9 Å². The van der Waals surface area contributed by atoms with E-state index in [2.05, 4.69) is 46.4 Å². The molecule has 2 heterocycles. The molecule has 1 aromatic heterocycles. The molecule has 0 saturated carbocycles. The number of hydrogen-bond acceptors (Lipinski definition) is 7. The van der Waals surface area contributed by atoms with E-state index in [1.807, 2.05) is 30.3 Å². The van der Waals surface area contributed by atoms with Crippen LogP contribution in [0.3, 0.4) is 0 Å². The quantitative estimate of drug-likeness (QED) is 0.514. The fraction of sp³-hybridized carbons (Fsp3) is 0.538. The molecule has 1 aliphatic rings. The van der Waals surface area contributed by atoms with E-state index in [0.717, 1.165) is 31.5 Å². The van der Waals surface area contributed by atoms with E-state index >= 15 is 0 Å². The van der Waals surface area contributed by atoms with Gasteiger partial charge in [-0.1, -0.05) is 44.2 Å². The lowest BCUT2D eigenvalue weighted by molar-refractivity contribution is -0.123. The van der Waals surface area contributed by atoms with Gasteiger partial charge in [-0.25, -0.2) is 4.98 Å². The average molecular weight is 495 g/mol. The van der Waals surface area contributed by atoms with E-state index in [4.69, 9.17) is 9.31 Å². The Morgan fingerprint density at radius 2 is 1.75 bits per heavy atom. The third-order valence-electron chi connectivity index (χ3n) is 6.01. The molecule has 36 heavy (non-hydrogen) atoms. The van der Waals surface area contributed by atoms with Crippen molar-refractivity contribution in [3.8, 4) is 0 Å². The van der Waals surface area contributed by atoms with Crippen LogP contribution in [0, 0.1) is 5.92 Å². The SMILES string of the molecule is CC(C)C[C@H](NC(=O)[C@H](Cc1ccccc1)NC(=O)c1cnccn1)B1OCCCN(C)CCCO1. The van der Waals surface area contributed by atoms with Crippen LogP contribution in [0.2, 0.25) is 0 Å². The third kappa shape index (κ3) is 9.33. The van der Waals surface area contributed by atoms with Crippen LogP contribution in [0.4, 0.5) is 0 Å². The number of nitrogens with zero attached hydrogens (tertiary/aromatic N) is 3. The van der Waals surface area contributed by atoms with Gasteiger partial charge in [-0.3, -0.25) is 14.6 Å². The van der Waals surface area contributed by atoms with Crippen molar-refractivity contribution in [3.05, 3.63) is 60.2 Å². The summed E-state index contributed by atoms with van der Waals surface area (Å²) in [6.45, 7) is 7.23. The minimum Gasteiger partial charge on any atom is -0.410 e. The predicted molar refractivity (Wildman–Crippen MR) is 139 cm³/mol. The van der Waals surface area contributed by atoms with Crippen LogP contribution in [0.5, 0.6) is 0 Å². The largest absolute Gasteiger partial charge is 0.480 e. The van der Waals surface area contributed by atoms with Crippen molar-refractivity contribution in [1.82, 2.24) is 25.5 Å². The first kappa shape index (κ1) is 27.8. The number of carbonyl (C=O) groups is 2. The summed E-state index contributed by atoms with van der Waals surface area (Å²) in [6.07, 6.45) is 7.14. The van der Waals surface area contributed by atoms with Gasteiger partial charge in [0.1, 0.15) is 11.7 Å². The molecule has 0 spiro atoms. The van der Waals surface area contributed by atoms with Crippen molar-refractivity contribution in [1.29, 1.82) is 0 Å². The Morgan fingerprint density at radius 3 is 2.36 bits per heavy atom. The number of hydrogen-bond donors (Lipinski definition) is 2. The Morgan fingerprint density at radius 1 is 1.06 bits per heavy atom. The van der Waals surface area contributed by atoms with Gasteiger partial charge in [0.25, 0.3) is 5.91 Å². The zero-order chi connectivity index (χ0) is 25.8. The summed E-state index contributed by atoms with van der Waals surface area (Å²) in [6, 6.07) is 8.81. The lowest BCUT2D eigenvalue weighted by atomic mass is 9.73. The minimum absolute atomic E-state index is 0.158. The van der Waals surface area contributed by atoms with Crippen LogP contribution in [0.15, 0.2) is 48.9 Å². The summed E-state index contributed by atoms with van der Waals surface area (Å²) in [5, 5.41) is 5.99. The first-order valence-corrected chi connectivity index (χ1v) is 12.7. The molecule has 1 saturated heterocycles. The monoisotopic (exact) mass is 495 g/mol. The van der Waals surface area contributed by atoms with Crippen LogP contribution in [0.1, 0.15) is 49.2 Å². The third-order valence-corrected chi connectivity index (χ3v) is 6.01. The standard InChI is InChI=1S/C26H38BN5O4/c1-20(2)17-24(27-35-15-7-13-32(3)14-8-16-36-27)31-25(33)22(18-21-9-5-4-6-10-21)30-26(34)23-19-28-11-12-29-23/h4-6,9-12,19-20,22,24H,7-8,13-18H2,1-3H3,(H,30,34)(H,31,33)/t22-,24-/m0/s1. The molecule has 2 N–H and O–H groups in total. The van der Waals surface area contributed by atoms with Crippen LogP contribution in [-0.2, 0) is 20.5 Å². The van der Waals surface area contributed by atoms with Crippen molar-refractivity contribution in [2.24, 2.45) is 5.92 Å². The van der Waals surface area contributed by atoms with E-state index in [1.165, 1.54) is 18.6 Å². The number of nitrogens with one attached hydrogen (secondary N) is 2. The smallest absolute Gasteiger partial charge is 0.410 e. The lowest BCUT2D eigenvalue weighted by Crippen LogP contribution is -2.56. The number of carbonyl (C=O) groups excluding carboxylic acids is 2. The van der Waals surface area contributed by atoms with Gasteiger partial charge in [-0.15, -0.1) is 0 Å². The van der Waals surface area contributed by atoms with Gasteiger partial charge in [0.15, 0.2) is 0 Å². The Hall–Kier alpha value is -2.82. The average Bonchev–Trinajstić information content (AvgIpc) is 2.88.